The minimum atomic E-state index is -1.05. The summed E-state index contributed by atoms with van der Waals surface area (Å²) in [6, 6.07) is 7.39. The molecule has 94 valence electrons. The number of hydrogen-bond donors (Lipinski definition) is 2. The maximum absolute atomic E-state index is 10.9. The molecule has 1 atom stereocenters. The van der Waals surface area contributed by atoms with E-state index >= 15 is 0 Å². The van der Waals surface area contributed by atoms with E-state index in [1.54, 1.807) is 12.3 Å². The monoisotopic (exact) mass is 246 g/mol. The van der Waals surface area contributed by atoms with E-state index in [1.165, 1.54) is 6.26 Å². The molecule has 2 N–H and O–H groups in total. The number of nitrogens with one attached hydrogen (secondary N) is 1. The second-order valence-corrected chi connectivity index (χ2v) is 3.94. The van der Waals surface area contributed by atoms with Gasteiger partial charge < -0.3 is 14.8 Å². The van der Waals surface area contributed by atoms with E-state index in [1.807, 2.05) is 25.1 Å². The van der Waals surface area contributed by atoms with Crippen LogP contribution in [0.2, 0.25) is 0 Å². The lowest BCUT2D eigenvalue weighted by Crippen LogP contribution is -2.19. The molecule has 0 saturated heterocycles. The van der Waals surface area contributed by atoms with Crippen LogP contribution in [0, 0.1) is 0 Å². The Balaban J connectivity index is 1.99. The third-order valence-corrected chi connectivity index (χ3v) is 2.67. The van der Waals surface area contributed by atoms with Crippen LogP contribution in [-0.4, -0.2) is 16.1 Å². The summed E-state index contributed by atoms with van der Waals surface area (Å²) in [6.07, 6.45) is 3.11. The smallest absolute Gasteiger partial charge is 0.372 e. The summed E-state index contributed by atoms with van der Waals surface area (Å²) in [5.41, 5.74) is 1.54. The van der Waals surface area contributed by atoms with Crippen molar-refractivity contribution in [3.8, 4) is 0 Å². The fourth-order valence-electron chi connectivity index (χ4n) is 1.66. The van der Waals surface area contributed by atoms with Crippen molar-refractivity contribution in [1.29, 1.82) is 0 Å². The summed E-state index contributed by atoms with van der Waals surface area (Å²) in [6.45, 7) is 2.40. The number of carboxylic acid groups (broad SMARTS) is 1. The Kier molecular flexibility index (Phi) is 3.74. The van der Waals surface area contributed by atoms with Crippen LogP contribution in [0.4, 0.5) is 0 Å². The largest absolute Gasteiger partial charge is 0.475 e. The van der Waals surface area contributed by atoms with Gasteiger partial charge in [0.1, 0.15) is 0 Å². The van der Waals surface area contributed by atoms with Crippen molar-refractivity contribution in [3.05, 3.63) is 53.7 Å². The van der Waals surface area contributed by atoms with E-state index in [9.17, 15) is 4.79 Å². The molecular formula is C13H14N2O3. The molecule has 5 nitrogen and oxygen atoms in total. The van der Waals surface area contributed by atoms with Crippen LogP contribution < -0.4 is 5.32 Å². The number of aromatic nitrogens is 1. The number of carboxylic acids is 1. The van der Waals surface area contributed by atoms with Crippen molar-refractivity contribution in [1.82, 2.24) is 10.3 Å². The highest BCUT2D eigenvalue weighted by Gasteiger charge is 2.14. The first-order valence-electron chi connectivity index (χ1n) is 5.62. The predicted molar refractivity (Wildman–Crippen MR) is 65.2 cm³/mol. The Morgan fingerprint density at radius 1 is 1.50 bits per heavy atom. The van der Waals surface area contributed by atoms with Gasteiger partial charge in [-0.05, 0) is 25.1 Å². The molecule has 0 aliphatic carbocycles. The summed E-state index contributed by atoms with van der Waals surface area (Å²) >= 11 is 0. The number of hydrogen-bond acceptors (Lipinski definition) is 4. The van der Waals surface area contributed by atoms with Gasteiger partial charge in [-0.2, -0.15) is 0 Å². The number of carbonyl (C=O) groups is 1. The van der Waals surface area contributed by atoms with Crippen LogP contribution in [0.3, 0.4) is 0 Å². The predicted octanol–water partition coefficient (Wildman–Crippen LogP) is 2.22. The zero-order valence-corrected chi connectivity index (χ0v) is 9.96. The zero-order chi connectivity index (χ0) is 13.0. The average Bonchev–Trinajstić information content (AvgIpc) is 2.85. The highest BCUT2D eigenvalue weighted by molar-refractivity contribution is 5.86. The first-order valence-corrected chi connectivity index (χ1v) is 5.62. The van der Waals surface area contributed by atoms with Gasteiger partial charge in [-0.1, -0.05) is 6.07 Å². The van der Waals surface area contributed by atoms with Crippen LogP contribution >= 0.6 is 0 Å². The Labute approximate surface area is 104 Å². The number of aromatic carboxylic acids is 1. The van der Waals surface area contributed by atoms with Crippen LogP contribution in [0.15, 0.2) is 41.1 Å². The van der Waals surface area contributed by atoms with Crippen molar-refractivity contribution in [2.75, 3.05) is 0 Å². The summed E-state index contributed by atoms with van der Waals surface area (Å²) < 4.78 is 4.91. The summed E-state index contributed by atoms with van der Waals surface area (Å²) in [5.74, 6) is -1.07. The summed E-state index contributed by atoms with van der Waals surface area (Å²) in [5, 5.41) is 12.1. The van der Waals surface area contributed by atoms with Gasteiger partial charge in [0.25, 0.3) is 0 Å². The minimum Gasteiger partial charge on any atom is -0.475 e. The lowest BCUT2D eigenvalue weighted by molar-refractivity contribution is 0.0660. The van der Waals surface area contributed by atoms with E-state index in [2.05, 4.69) is 10.3 Å². The molecule has 0 fully saturated rings. The van der Waals surface area contributed by atoms with E-state index in [4.69, 9.17) is 9.52 Å². The van der Waals surface area contributed by atoms with Crippen molar-refractivity contribution >= 4 is 5.97 Å². The second kappa shape index (κ2) is 5.46. The Morgan fingerprint density at radius 2 is 2.33 bits per heavy atom. The molecule has 0 aromatic carbocycles. The van der Waals surface area contributed by atoms with E-state index in [-0.39, 0.29) is 11.8 Å². The molecular weight excluding hydrogens is 232 g/mol. The molecule has 0 aliphatic heterocycles. The fourth-order valence-corrected chi connectivity index (χ4v) is 1.66. The molecule has 0 radical (unpaired) electrons. The molecule has 2 aromatic rings. The van der Waals surface area contributed by atoms with Crippen molar-refractivity contribution in [2.45, 2.75) is 19.5 Å². The third kappa shape index (κ3) is 2.75. The number of pyridine rings is 1. The Bertz CT molecular complexity index is 522. The SMILES string of the molecule is CC(NCc1ccoc1C(=O)O)c1ccccn1. The van der Waals surface area contributed by atoms with Gasteiger partial charge in [-0.15, -0.1) is 0 Å². The van der Waals surface area contributed by atoms with Gasteiger partial charge in [-0.3, -0.25) is 4.98 Å². The Hall–Kier alpha value is -2.14. The van der Waals surface area contributed by atoms with E-state index in [0.29, 0.717) is 12.1 Å². The molecule has 5 heteroatoms. The maximum Gasteiger partial charge on any atom is 0.372 e. The van der Waals surface area contributed by atoms with Gasteiger partial charge in [0.15, 0.2) is 0 Å². The van der Waals surface area contributed by atoms with Crippen molar-refractivity contribution in [2.24, 2.45) is 0 Å². The number of nitrogens with zero attached hydrogens (tertiary/aromatic N) is 1. The molecule has 2 heterocycles. The minimum absolute atomic E-state index is 0.0179. The lowest BCUT2D eigenvalue weighted by Gasteiger charge is -2.12. The van der Waals surface area contributed by atoms with Gasteiger partial charge >= 0.3 is 5.97 Å². The molecule has 1 unspecified atom stereocenters. The standard InChI is InChI=1S/C13H14N2O3/c1-9(11-4-2-3-6-14-11)15-8-10-5-7-18-12(10)13(16)17/h2-7,9,15H,8H2,1H3,(H,16,17). The molecule has 0 spiro atoms. The topological polar surface area (TPSA) is 75.4 Å². The summed E-state index contributed by atoms with van der Waals surface area (Å²) in [4.78, 5) is 15.1. The van der Waals surface area contributed by atoms with Crippen molar-refractivity contribution in [3.63, 3.8) is 0 Å². The molecule has 2 aromatic heterocycles. The molecule has 18 heavy (non-hydrogen) atoms. The van der Waals surface area contributed by atoms with Crippen LogP contribution in [0.25, 0.3) is 0 Å². The molecule has 0 saturated carbocycles. The molecule has 2 rings (SSSR count). The fraction of sp³-hybridized carbons (Fsp3) is 0.231. The van der Waals surface area contributed by atoms with Gasteiger partial charge in [0.2, 0.25) is 5.76 Å². The highest BCUT2D eigenvalue weighted by atomic mass is 16.4. The first-order chi connectivity index (χ1) is 8.68. The van der Waals surface area contributed by atoms with Crippen LogP contribution in [0.5, 0.6) is 0 Å². The average molecular weight is 246 g/mol. The van der Waals surface area contributed by atoms with E-state index in [0.717, 1.165) is 5.69 Å². The molecule has 0 bridgehead atoms. The van der Waals surface area contributed by atoms with Gasteiger partial charge in [0, 0.05) is 24.3 Å². The second-order valence-electron chi connectivity index (χ2n) is 3.94. The molecule has 0 amide bonds. The number of rotatable bonds is 5. The van der Waals surface area contributed by atoms with Crippen LogP contribution in [0.1, 0.15) is 34.8 Å². The first kappa shape index (κ1) is 12.3. The van der Waals surface area contributed by atoms with Crippen LogP contribution in [-0.2, 0) is 6.54 Å². The van der Waals surface area contributed by atoms with E-state index < -0.39 is 5.97 Å². The highest BCUT2D eigenvalue weighted by Crippen LogP contribution is 2.13. The quantitative estimate of drug-likeness (QED) is 0.846. The van der Waals surface area contributed by atoms with Gasteiger partial charge in [0.05, 0.1) is 12.0 Å². The third-order valence-electron chi connectivity index (χ3n) is 2.67. The Morgan fingerprint density at radius 3 is 3.00 bits per heavy atom. The summed E-state index contributed by atoms with van der Waals surface area (Å²) in [7, 11) is 0. The zero-order valence-electron chi connectivity index (χ0n) is 9.96. The number of furan rings is 1. The van der Waals surface area contributed by atoms with Crippen molar-refractivity contribution < 1.29 is 14.3 Å². The van der Waals surface area contributed by atoms with Gasteiger partial charge in [-0.25, -0.2) is 4.79 Å². The normalized spacial score (nSPS) is 12.3. The maximum atomic E-state index is 10.9. The lowest BCUT2D eigenvalue weighted by atomic mass is 10.2. The molecule has 0 aliphatic rings.